The number of benzene rings is 2. The molecule has 6 unspecified atom stereocenters. The third-order valence-electron chi connectivity index (χ3n) is 12.6. The Balaban J connectivity index is 1.56. The average molecular weight is 745 g/mol. The second kappa shape index (κ2) is 17.9. The molecule has 0 N–H and O–H groups in total. The molecule has 0 saturated carbocycles. The Hall–Kier alpha value is -1.26. The van der Waals surface area contributed by atoms with Crippen LogP contribution < -0.4 is 0 Å². The van der Waals surface area contributed by atoms with Gasteiger partial charge in [-0.1, -0.05) is 107 Å². The van der Waals surface area contributed by atoms with Gasteiger partial charge in [0.1, 0.15) is 0 Å². The summed E-state index contributed by atoms with van der Waals surface area (Å²) in [7, 11) is -6.91. The van der Waals surface area contributed by atoms with Crippen molar-refractivity contribution in [1.29, 1.82) is 0 Å². The Morgan fingerprint density at radius 2 is 0.706 bits per heavy atom. The van der Waals surface area contributed by atoms with Gasteiger partial charge in [0, 0.05) is 0 Å². The molecule has 288 valence electrons. The van der Waals surface area contributed by atoms with Crippen molar-refractivity contribution in [1.82, 2.24) is 0 Å². The Morgan fingerprint density at radius 1 is 0.471 bits per heavy atom. The van der Waals surface area contributed by atoms with E-state index in [9.17, 15) is 9.13 Å². The zero-order valence-corrected chi connectivity index (χ0v) is 35.9. The minimum atomic E-state index is -3.45. The van der Waals surface area contributed by atoms with Crippen molar-refractivity contribution in [2.24, 2.45) is 5.41 Å². The molecule has 6 nitrogen and oxygen atoms in total. The highest BCUT2D eigenvalue weighted by molar-refractivity contribution is 7.53. The first kappa shape index (κ1) is 42.5. The normalized spacial score (nSPS) is 27.5. The Bertz CT molecular complexity index is 1360. The van der Waals surface area contributed by atoms with Crippen LogP contribution in [0.3, 0.4) is 0 Å². The summed E-state index contributed by atoms with van der Waals surface area (Å²) in [5, 5.41) is 0. The Labute approximate surface area is 311 Å². The van der Waals surface area contributed by atoms with Crippen LogP contribution >= 0.6 is 15.2 Å². The first-order valence-electron chi connectivity index (χ1n) is 20.2. The molecule has 4 rings (SSSR count). The predicted octanol–water partition coefficient (Wildman–Crippen LogP) is 13.9. The van der Waals surface area contributed by atoms with Gasteiger partial charge in [0.05, 0.1) is 44.2 Å². The van der Waals surface area contributed by atoms with Crippen molar-refractivity contribution in [2.45, 2.75) is 169 Å². The molecule has 0 amide bonds. The van der Waals surface area contributed by atoms with E-state index < -0.39 is 20.6 Å². The zero-order valence-electron chi connectivity index (χ0n) is 34.1. The van der Waals surface area contributed by atoms with Gasteiger partial charge in [-0.3, -0.25) is 9.13 Å². The van der Waals surface area contributed by atoms with Gasteiger partial charge in [0.25, 0.3) is 0 Å². The maximum absolute atomic E-state index is 14.4. The fourth-order valence-electron chi connectivity index (χ4n) is 7.36. The molecule has 1 spiro atoms. The first-order valence-corrected chi connectivity index (χ1v) is 23.7. The largest absolute Gasteiger partial charge is 0.335 e. The Morgan fingerprint density at radius 3 is 0.922 bits per heavy atom. The smallest absolute Gasteiger partial charge is 0.307 e. The molecular weight excluding hydrogens is 674 g/mol. The second-order valence-electron chi connectivity index (χ2n) is 16.3. The molecule has 6 atom stereocenters. The quantitative estimate of drug-likeness (QED) is 0.159. The van der Waals surface area contributed by atoms with Crippen LogP contribution in [0.25, 0.3) is 0 Å². The van der Waals surface area contributed by atoms with E-state index in [0.29, 0.717) is 35.5 Å². The molecule has 8 heteroatoms. The van der Waals surface area contributed by atoms with Gasteiger partial charge in [-0.25, -0.2) is 0 Å². The lowest BCUT2D eigenvalue weighted by Gasteiger charge is -2.43. The third-order valence-corrected chi connectivity index (χ3v) is 16.1. The van der Waals surface area contributed by atoms with Crippen LogP contribution in [0.15, 0.2) is 24.3 Å². The highest BCUT2D eigenvalue weighted by atomic mass is 31.2. The van der Waals surface area contributed by atoms with E-state index in [1.807, 2.05) is 0 Å². The highest BCUT2D eigenvalue weighted by Crippen LogP contribution is 2.62. The molecule has 2 heterocycles. The number of hydrogen-bond acceptors (Lipinski definition) is 6. The van der Waals surface area contributed by atoms with E-state index in [0.717, 1.165) is 49.7 Å². The summed E-state index contributed by atoms with van der Waals surface area (Å²) in [6, 6.07) is 9.38. The lowest BCUT2D eigenvalue weighted by Crippen LogP contribution is -2.45. The summed E-state index contributed by atoms with van der Waals surface area (Å²) in [5.41, 5.74) is 9.38. The van der Waals surface area contributed by atoms with Crippen molar-refractivity contribution in [3.8, 4) is 0 Å². The van der Waals surface area contributed by atoms with Crippen molar-refractivity contribution in [3.63, 3.8) is 0 Å². The number of rotatable bonds is 16. The van der Waals surface area contributed by atoms with Gasteiger partial charge >= 0.3 is 15.2 Å². The topological polar surface area (TPSA) is 71.1 Å². The van der Waals surface area contributed by atoms with Gasteiger partial charge in [-0.15, -0.1) is 0 Å². The maximum Gasteiger partial charge on any atom is 0.335 e. The molecule has 2 fully saturated rings. The standard InChI is InChI=1S/C43H70O6P2/c1-13-29(7)35-19-37(31(9)15-3)41(38(20-35)32(10)16-4)23-50(44)46-25-43(26-47-50)27-48-51(45,49-28-43)24-42-39(33(11)17-5)21-36(30(8)14-2)22-40(42)34(12)18-6/h19-22,29-34H,13-18,23-28H2,1-12H3. The fraction of sp³-hybridized carbons (Fsp3) is 0.721. The van der Waals surface area contributed by atoms with E-state index in [1.165, 1.54) is 33.4 Å². The lowest BCUT2D eigenvalue weighted by molar-refractivity contribution is -0.0690. The third kappa shape index (κ3) is 9.71. The summed E-state index contributed by atoms with van der Waals surface area (Å²) < 4.78 is 53.7. The van der Waals surface area contributed by atoms with Crippen LogP contribution in [0.4, 0.5) is 0 Å². The van der Waals surface area contributed by atoms with Gasteiger partial charge < -0.3 is 18.1 Å². The van der Waals surface area contributed by atoms with E-state index >= 15 is 0 Å². The van der Waals surface area contributed by atoms with E-state index in [2.05, 4.69) is 107 Å². The predicted molar refractivity (Wildman–Crippen MR) is 214 cm³/mol. The van der Waals surface area contributed by atoms with Crippen molar-refractivity contribution in [2.75, 3.05) is 26.4 Å². The molecule has 0 bridgehead atoms. The molecule has 0 radical (unpaired) electrons. The van der Waals surface area contributed by atoms with Crippen molar-refractivity contribution >= 4 is 15.2 Å². The summed E-state index contributed by atoms with van der Waals surface area (Å²) in [4.78, 5) is 0. The van der Waals surface area contributed by atoms with Crippen LogP contribution in [0.2, 0.25) is 0 Å². The van der Waals surface area contributed by atoms with Crippen LogP contribution in [0.5, 0.6) is 0 Å². The minimum absolute atomic E-state index is 0.187. The summed E-state index contributed by atoms with van der Waals surface area (Å²) in [5.74, 6) is 2.23. The van der Waals surface area contributed by atoms with E-state index in [1.54, 1.807) is 0 Å². The lowest BCUT2D eigenvalue weighted by atomic mass is 9.82. The first-order chi connectivity index (χ1) is 24.1. The zero-order chi connectivity index (χ0) is 37.7. The molecule has 2 aromatic carbocycles. The van der Waals surface area contributed by atoms with Crippen LogP contribution in [0.1, 0.15) is 202 Å². The van der Waals surface area contributed by atoms with E-state index in [4.69, 9.17) is 18.1 Å². The van der Waals surface area contributed by atoms with Crippen molar-refractivity contribution < 1.29 is 27.2 Å². The summed E-state index contributed by atoms with van der Waals surface area (Å²) >= 11 is 0. The van der Waals surface area contributed by atoms with Gasteiger partial charge in [-0.2, -0.15) is 0 Å². The van der Waals surface area contributed by atoms with Crippen LogP contribution in [-0.2, 0) is 39.5 Å². The average Bonchev–Trinajstić information content (AvgIpc) is 3.15. The van der Waals surface area contributed by atoms with Gasteiger partial charge in [0.15, 0.2) is 0 Å². The fourth-order valence-corrected chi connectivity index (χ4v) is 11.3. The van der Waals surface area contributed by atoms with E-state index in [-0.39, 0.29) is 38.8 Å². The molecule has 0 aromatic heterocycles. The summed E-state index contributed by atoms with van der Waals surface area (Å²) in [6.45, 7) is 27.7. The molecule has 2 aliphatic rings. The molecule has 2 aromatic rings. The van der Waals surface area contributed by atoms with Gasteiger partial charge in [0.2, 0.25) is 0 Å². The van der Waals surface area contributed by atoms with Crippen molar-refractivity contribution in [3.05, 3.63) is 68.8 Å². The van der Waals surface area contributed by atoms with Crippen LogP contribution in [0, 0.1) is 5.41 Å². The van der Waals surface area contributed by atoms with Crippen LogP contribution in [-0.4, -0.2) is 26.4 Å². The maximum atomic E-state index is 14.4. The second-order valence-corrected chi connectivity index (χ2v) is 20.5. The SMILES string of the molecule is CCC(C)c1cc(C(C)CC)c(CP2(=O)OCC3(CO2)COP(=O)(Cc2c(C(C)CC)cc(C(C)CC)cc2C(C)CC)OC3)c(C(C)CC)c1. The minimum Gasteiger partial charge on any atom is -0.307 e. The van der Waals surface area contributed by atoms with Gasteiger partial charge in [-0.05, 0) is 119 Å². The molecule has 0 aliphatic carbocycles. The molecule has 2 aliphatic heterocycles. The Kier molecular flexibility index (Phi) is 14.9. The molecular formula is C43H70O6P2. The highest BCUT2D eigenvalue weighted by Gasteiger charge is 2.49. The molecule has 2 saturated heterocycles. The number of hydrogen-bond donors (Lipinski definition) is 0. The molecule has 51 heavy (non-hydrogen) atoms. The summed E-state index contributed by atoms with van der Waals surface area (Å²) in [6.07, 6.45) is 6.67. The monoisotopic (exact) mass is 744 g/mol.